The molecule has 2 unspecified atom stereocenters. The first-order valence-corrected chi connectivity index (χ1v) is 9.73. The molecule has 23 heavy (non-hydrogen) atoms. The molecule has 126 valence electrons. The second-order valence-electron chi connectivity index (χ2n) is 6.39. The number of hydrogen-bond donors (Lipinski definition) is 2. The lowest BCUT2D eigenvalue weighted by Gasteiger charge is -2.28. The number of benzene rings is 1. The number of guanidine groups is 1. The van der Waals surface area contributed by atoms with Gasteiger partial charge in [-0.15, -0.1) is 0 Å². The van der Waals surface area contributed by atoms with Crippen LogP contribution in [0, 0.1) is 0 Å². The van der Waals surface area contributed by atoms with E-state index in [2.05, 4.69) is 63.5 Å². The number of thioether (sulfide) groups is 1. The van der Waals surface area contributed by atoms with Gasteiger partial charge in [-0.1, -0.05) is 18.2 Å². The molecule has 4 nitrogen and oxygen atoms in total. The van der Waals surface area contributed by atoms with Gasteiger partial charge in [-0.25, -0.2) is 0 Å². The average Bonchev–Trinajstić information content (AvgIpc) is 3.24. The quantitative estimate of drug-likeness (QED) is 0.642. The molecular weight excluding hydrogens is 304 g/mol. The highest BCUT2D eigenvalue weighted by molar-refractivity contribution is 8.00. The van der Waals surface area contributed by atoms with Gasteiger partial charge in [0.2, 0.25) is 0 Å². The van der Waals surface area contributed by atoms with Gasteiger partial charge in [-0.3, -0.25) is 4.99 Å². The van der Waals surface area contributed by atoms with Crippen molar-refractivity contribution in [1.82, 2.24) is 10.6 Å². The SMILES string of the molecule is CN=C(NCC1CCCS1)NCC(C)N1CCc2ccccc21. The lowest BCUT2D eigenvalue weighted by atomic mass is 10.2. The number of anilines is 1. The first-order valence-electron chi connectivity index (χ1n) is 8.68. The lowest BCUT2D eigenvalue weighted by molar-refractivity contribution is 0.623. The van der Waals surface area contributed by atoms with E-state index in [-0.39, 0.29) is 0 Å². The highest BCUT2D eigenvalue weighted by atomic mass is 32.2. The summed E-state index contributed by atoms with van der Waals surface area (Å²) in [6.45, 7) is 5.33. The van der Waals surface area contributed by atoms with Crippen molar-refractivity contribution in [2.24, 2.45) is 4.99 Å². The van der Waals surface area contributed by atoms with E-state index in [1.807, 2.05) is 7.05 Å². The molecule has 5 heteroatoms. The molecule has 2 aliphatic rings. The lowest BCUT2D eigenvalue weighted by Crippen LogP contribution is -2.46. The van der Waals surface area contributed by atoms with Gasteiger partial charge in [0.25, 0.3) is 0 Å². The van der Waals surface area contributed by atoms with E-state index < -0.39 is 0 Å². The van der Waals surface area contributed by atoms with Crippen molar-refractivity contribution in [2.75, 3.05) is 37.3 Å². The molecule has 2 N–H and O–H groups in total. The van der Waals surface area contributed by atoms with E-state index in [1.54, 1.807) is 0 Å². The molecule has 1 aromatic carbocycles. The Labute approximate surface area is 144 Å². The molecule has 2 heterocycles. The largest absolute Gasteiger partial charge is 0.366 e. The van der Waals surface area contributed by atoms with Gasteiger partial charge in [0.05, 0.1) is 0 Å². The van der Waals surface area contributed by atoms with Crippen LogP contribution < -0.4 is 15.5 Å². The van der Waals surface area contributed by atoms with Crippen molar-refractivity contribution in [1.29, 1.82) is 0 Å². The fraction of sp³-hybridized carbons (Fsp3) is 0.611. The van der Waals surface area contributed by atoms with Crippen molar-refractivity contribution in [3.63, 3.8) is 0 Å². The number of fused-ring (bicyclic) bond motifs is 1. The summed E-state index contributed by atoms with van der Waals surface area (Å²) in [7, 11) is 1.85. The van der Waals surface area contributed by atoms with Crippen LogP contribution in [0.4, 0.5) is 5.69 Å². The molecule has 2 aliphatic heterocycles. The molecule has 1 aromatic rings. The van der Waals surface area contributed by atoms with Gasteiger partial charge in [-0.05, 0) is 43.6 Å². The van der Waals surface area contributed by atoms with Gasteiger partial charge in [0, 0.05) is 43.7 Å². The summed E-state index contributed by atoms with van der Waals surface area (Å²) in [6, 6.07) is 9.21. The van der Waals surface area contributed by atoms with Gasteiger partial charge < -0.3 is 15.5 Å². The number of nitrogens with zero attached hydrogens (tertiary/aromatic N) is 2. The Bertz CT molecular complexity index is 540. The number of nitrogens with one attached hydrogen (secondary N) is 2. The van der Waals surface area contributed by atoms with E-state index >= 15 is 0 Å². The Morgan fingerprint density at radius 1 is 1.39 bits per heavy atom. The van der Waals surface area contributed by atoms with Crippen molar-refractivity contribution in [3.8, 4) is 0 Å². The Kier molecular flexibility index (Phi) is 5.70. The molecule has 0 saturated carbocycles. The molecule has 1 saturated heterocycles. The van der Waals surface area contributed by atoms with Gasteiger partial charge in [-0.2, -0.15) is 11.8 Å². The van der Waals surface area contributed by atoms with E-state index in [0.29, 0.717) is 6.04 Å². The number of rotatable bonds is 5. The van der Waals surface area contributed by atoms with Crippen LogP contribution in [0.5, 0.6) is 0 Å². The Balaban J connectivity index is 1.47. The Morgan fingerprint density at radius 3 is 3.04 bits per heavy atom. The maximum absolute atomic E-state index is 4.36. The maximum Gasteiger partial charge on any atom is 0.191 e. The zero-order chi connectivity index (χ0) is 16.1. The molecular formula is C18H28N4S. The van der Waals surface area contributed by atoms with Crippen LogP contribution in [0.2, 0.25) is 0 Å². The first kappa shape index (κ1) is 16.5. The van der Waals surface area contributed by atoms with Crippen LogP contribution in [-0.4, -0.2) is 49.7 Å². The van der Waals surface area contributed by atoms with E-state index in [4.69, 9.17) is 0 Å². The Morgan fingerprint density at radius 2 is 2.26 bits per heavy atom. The second-order valence-corrected chi connectivity index (χ2v) is 7.80. The summed E-state index contributed by atoms with van der Waals surface area (Å²) in [5.41, 5.74) is 2.87. The molecule has 0 radical (unpaired) electrons. The van der Waals surface area contributed by atoms with Crippen LogP contribution in [0.25, 0.3) is 0 Å². The van der Waals surface area contributed by atoms with E-state index in [0.717, 1.165) is 37.3 Å². The van der Waals surface area contributed by atoms with Crippen LogP contribution in [-0.2, 0) is 6.42 Å². The third kappa shape index (κ3) is 4.14. The summed E-state index contributed by atoms with van der Waals surface area (Å²) < 4.78 is 0. The van der Waals surface area contributed by atoms with Crippen molar-refractivity contribution in [2.45, 2.75) is 37.5 Å². The maximum atomic E-state index is 4.36. The van der Waals surface area contributed by atoms with Crippen molar-refractivity contribution < 1.29 is 0 Å². The minimum absolute atomic E-state index is 0.457. The summed E-state index contributed by atoms with van der Waals surface area (Å²) in [6.07, 6.45) is 3.84. The van der Waals surface area contributed by atoms with Gasteiger partial charge >= 0.3 is 0 Å². The zero-order valence-corrected chi connectivity index (χ0v) is 15.0. The minimum Gasteiger partial charge on any atom is -0.366 e. The highest BCUT2D eigenvalue weighted by Crippen LogP contribution is 2.29. The molecule has 0 amide bonds. The van der Waals surface area contributed by atoms with Crippen molar-refractivity contribution >= 4 is 23.4 Å². The third-order valence-corrected chi connectivity index (χ3v) is 6.16. The molecule has 2 atom stereocenters. The second kappa shape index (κ2) is 7.95. The molecule has 0 spiro atoms. The third-order valence-electron chi connectivity index (χ3n) is 4.76. The molecule has 0 aromatic heterocycles. The minimum atomic E-state index is 0.457. The van der Waals surface area contributed by atoms with Crippen LogP contribution >= 0.6 is 11.8 Å². The fourth-order valence-corrected chi connectivity index (χ4v) is 4.61. The zero-order valence-electron chi connectivity index (χ0n) is 14.2. The van der Waals surface area contributed by atoms with Crippen LogP contribution in [0.1, 0.15) is 25.3 Å². The average molecular weight is 333 g/mol. The molecule has 0 aliphatic carbocycles. The molecule has 1 fully saturated rings. The smallest absolute Gasteiger partial charge is 0.191 e. The summed E-state index contributed by atoms with van der Waals surface area (Å²) in [5.74, 6) is 2.24. The van der Waals surface area contributed by atoms with E-state index in [1.165, 1.54) is 29.8 Å². The predicted octanol–water partition coefficient (Wildman–Crippen LogP) is 2.50. The molecule has 0 bridgehead atoms. The normalized spacial score (nSPS) is 22.1. The van der Waals surface area contributed by atoms with Crippen LogP contribution in [0.3, 0.4) is 0 Å². The van der Waals surface area contributed by atoms with Gasteiger partial charge in [0.1, 0.15) is 0 Å². The summed E-state index contributed by atoms with van der Waals surface area (Å²) in [5, 5.41) is 7.71. The summed E-state index contributed by atoms with van der Waals surface area (Å²) in [4.78, 5) is 6.86. The Hall–Kier alpha value is -1.36. The summed E-state index contributed by atoms with van der Waals surface area (Å²) >= 11 is 2.08. The topological polar surface area (TPSA) is 39.7 Å². The highest BCUT2D eigenvalue weighted by Gasteiger charge is 2.23. The van der Waals surface area contributed by atoms with Crippen molar-refractivity contribution in [3.05, 3.63) is 29.8 Å². The van der Waals surface area contributed by atoms with E-state index in [9.17, 15) is 0 Å². The standard InChI is InChI=1S/C18H28N4S/c1-14(22-10-9-15-6-3-4-8-17(15)22)12-20-18(19-2)21-13-16-7-5-11-23-16/h3-4,6,8,14,16H,5,7,9-13H2,1-2H3,(H2,19,20,21). The predicted molar refractivity (Wildman–Crippen MR) is 102 cm³/mol. The first-order chi connectivity index (χ1) is 11.3. The molecule has 3 rings (SSSR count). The monoisotopic (exact) mass is 332 g/mol. The number of aliphatic imine (C=N–C) groups is 1. The number of para-hydroxylation sites is 1. The number of hydrogen-bond acceptors (Lipinski definition) is 3. The van der Waals surface area contributed by atoms with Crippen LogP contribution in [0.15, 0.2) is 29.3 Å². The van der Waals surface area contributed by atoms with Gasteiger partial charge in [0.15, 0.2) is 5.96 Å². The fourth-order valence-electron chi connectivity index (χ4n) is 3.41.